The summed E-state index contributed by atoms with van der Waals surface area (Å²) in [6, 6.07) is 0.644. The van der Waals surface area contributed by atoms with E-state index in [2.05, 4.69) is 17.3 Å². The predicted molar refractivity (Wildman–Crippen MR) is 55.4 cm³/mol. The number of piperidine rings is 1. The number of likely N-dealkylation sites (tertiary alicyclic amines) is 1. The Morgan fingerprint density at radius 2 is 2.36 bits per heavy atom. The topological polar surface area (TPSA) is 52.6 Å². The molecule has 0 aromatic carbocycles. The van der Waals surface area contributed by atoms with Crippen LogP contribution in [0.1, 0.15) is 25.7 Å². The van der Waals surface area contributed by atoms with E-state index in [1.165, 1.54) is 25.8 Å². The quantitative estimate of drug-likeness (QED) is 0.636. The van der Waals surface area contributed by atoms with Gasteiger partial charge in [-0.1, -0.05) is 6.42 Å². The van der Waals surface area contributed by atoms with E-state index in [0.29, 0.717) is 6.04 Å². The maximum absolute atomic E-state index is 10.2. The highest BCUT2D eigenvalue weighted by atomic mass is 16.4. The van der Waals surface area contributed by atoms with Crippen LogP contribution in [0.3, 0.4) is 0 Å². The largest absolute Gasteiger partial charge is 0.480 e. The zero-order valence-corrected chi connectivity index (χ0v) is 8.83. The molecule has 1 heterocycles. The van der Waals surface area contributed by atoms with Crippen molar-refractivity contribution in [3.63, 3.8) is 0 Å². The SMILES string of the molecule is CN1CCCCC1CCNCC(=O)O. The summed E-state index contributed by atoms with van der Waals surface area (Å²) in [6.07, 6.45) is 4.93. The fraction of sp³-hybridized carbons (Fsp3) is 0.900. The highest BCUT2D eigenvalue weighted by Crippen LogP contribution is 2.16. The number of hydrogen-bond donors (Lipinski definition) is 2. The van der Waals surface area contributed by atoms with Crippen LogP contribution < -0.4 is 5.32 Å². The zero-order valence-electron chi connectivity index (χ0n) is 8.83. The van der Waals surface area contributed by atoms with E-state index in [9.17, 15) is 4.79 Å². The third-order valence-electron chi connectivity index (χ3n) is 2.85. The van der Waals surface area contributed by atoms with Gasteiger partial charge in [-0.25, -0.2) is 0 Å². The van der Waals surface area contributed by atoms with E-state index >= 15 is 0 Å². The Kier molecular flexibility index (Phi) is 4.90. The standard InChI is InChI=1S/C10H20N2O2/c1-12-7-3-2-4-9(12)5-6-11-8-10(13)14/h9,11H,2-8H2,1H3,(H,13,14). The van der Waals surface area contributed by atoms with Gasteiger partial charge < -0.3 is 15.3 Å². The minimum absolute atomic E-state index is 0.0798. The van der Waals surface area contributed by atoms with Crippen LogP contribution in [-0.4, -0.2) is 48.7 Å². The van der Waals surface area contributed by atoms with Crippen molar-refractivity contribution in [1.82, 2.24) is 10.2 Å². The molecule has 1 saturated heterocycles. The fourth-order valence-electron chi connectivity index (χ4n) is 1.97. The Bertz CT molecular complexity index is 185. The number of carboxylic acid groups (broad SMARTS) is 1. The lowest BCUT2D eigenvalue weighted by Crippen LogP contribution is -2.38. The highest BCUT2D eigenvalue weighted by molar-refractivity contribution is 5.68. The van der Waals surface area contributed by atoms with Crippen molar-refractivity contribution in [2.45, 2.75) is 31.7 Å². The first-order valence-corrected chi connectivity index (χ1v) is 5.33. The van der Waals surface area contributed by atoms with Crippen LogP contribution >= 0.6 is 0 Å². The van der Waals surface area contributed by atoms with Gasteiger partial charge in [-0.3, -0.25) is 4.79 Å². The van der Waals surface area contributed by atoms with Gasteiger partial charge in [0.15, 0.2) is 0 Å². The maximum atomic E-state index is 10.2. The van der Waals surface area contributed by atoms with Crippen molar-refractivity contribution in [2.24, 2.45) is 0 Å². The van der Waals surface area contributed by atoms with Gasteiger partial charge in [0.1, 0.15) is 0 Å². The molecule has 0 saturated carbocycles. The average Bonchev–Trinajstić information content (AvgIpc) is 2.15. The summed E-state index contributed by atoms with van der Waals surface area (Å²) < 4.78 is 0. The summed E-state index contributed by atoms with van der Waals surface area (Å²) in [4.78, 5) is 12.6. The molecule has 4 heteroatoms. The number of aliphatic carboxylic acids is 1. The fourth-order valence-corrected chi connectivity index (χ4v) is 1.97. The second-order valence-corrected chi connectivity index (χ2v) is 3.99. The van der Waals surface area contributed by atoms with Gasteiger partial charge in [0.2, 0.25) is 0 Å². The lowest BCUT2D eigenvalue weighted by Gasteiger charge is -2.32. The first kappa shape index (κ1) is 11.5. The van der Waals surface area contributed by atoms with Gasteiger partial charge in [0.05, 0.1) is 6.54 Å². The van der Waals surface area contributed by atoms with Crippen LogP contribution in [0.4, 0.5) is 0 Å². The van der Waals surface area contributed by atoms with E-state index in [4.69, 9.17) is 5.11 Å². The molecule has 14 heavy (non-hydrogen) atoms. The number of rotatable bonds is 5. The molecule has 0 aromatic heterocycles. The summed E-state index contributed by atoms with van der Waals surface area (Å²) in [7, 11) is 2.15. The molecule has 0 aromatic rings. The Morgan fingerprint density at radius 1 is 1.57 bits per heavy atom. The smallest absolute Gasteiger partial charge is 0.317 e. The molecule has 2 N–H and O–H groups in total. The van der Waals surface area contributed by atoms with Crippen LogP contribution in [0.25, 0.3) is 0 Å². The summed E-state index contributed by atoms with van der Waals surface area (Å²) in [5.74, 6) is -0.776. The summed E-state index contributed by atoms with van der Waals surface area (Å²) >= 11 is 0. The van der Waals surface area contributed by atoms with Crippen LogP contribution in [0, 0.1) is 0 Å². The number of nitrogens with zero attached hydrogens (tertiary/aromatic N) is 1. The van der Waals surface area contributed by atoms with Crippen molar-refractivity contribution in [1.29, 1.82) is 0 Å². The molecule has 0 bridgehead atoms. The number of carboxylic acids is 1. The lowest BCUT2D eigenvalue weighted by molar-refractivity contribution is -0.135. The third kappa shape index (κ3) is 4.07. The van der Waals surface area contributed by atoms with Gasteiger partial charge >= 0.3 is 5.97 Å². The molecule has 1 atom stereocenters. The van der Waals surface area contributed by atoms with E-state index in [1.807, 2.05) is 0 Å². The average molecular weight is 200 g/mol. The van der Waals surface area contributed by atoms with Crippen molar-refractivity contribution in [3.05, 3.63) is 0 Å². The maximum Gasteiger partial charge on any atom is 0.317 e. The highest BCUT2D eigenvalue weighted by Gasteiger charge is 2.17. The van der Waals surface area contributed by atoms with E-state index in [1.54, 1.807) is 0 Å². The summed E-state index contributed by atoms with van der Waals surface area (Å²) in [5, 5.41) is 11.4. The molecular formula is C10H20N2O2. The predicted octanol–water partition coefficient (Wildman–Crippen LogP) is 0.535. The second kappa shape index (κ2) is 5.98. The summed E-state index contributed by atoms with van der Waals surface area (Å²) in [6.45, 7) is 2.07. The third-order valence-corrected chi connectivity index (χ3v) is 2.85. The van der Waals surface area contributed by atoms with E-state index in [0.717, 1.165) is 13.0 Å². The van der Waals surface area contributed by atoms with E-state index in [-0.39, 0.29) is 6.54 Å². The van der Waals surface area contributed by atoms with Crippen molar-refractivity contribution in [3.8, 4) is 0 Å². The molecule has 0 aliphatic carbocycles. The molecule has 0 amide bonds. The second-order valence-electron chi connectivity index (χ2n) is 3.99. The molecule has 82 valence electrons. The Balaban J connectivity index is 2.07. The normalized spacial score (nSPS) is 23.6. The first-order valence-electron chi connectivity index (χ1n) is 5.33. The Labute approximate surface area is 85.3 Å². The molecule has 1 rings (SSSR count). The van der Waals surface area contributed by atoms with Crippen LogP contribution in [0.5, 0.6) is 0 Å². The first-order chi connectivity index (χ1) is 6.70. The molecular weight excluding hydrogens is 180 g/mol. The molecule has 1 unspecified atom stereocenters. The minimum Gasteiger partial charge on any atom is -0.480 e. The van der Waals surface area contributed by atoms with Crippen LogP contribution in [-0.2, 0) is 4.79 Å². The minimum atomic E-state index is -0.776. The molecule has 1 aliphatic rings. The zero-order chi connectivity index (χ0) is 10.4. The van der Waals surface area contributed by atoms with Gasteiger partial charge in [-0.05, 0) is 39.4 Å². The van der Waals surface area contributed by atoms with Crippen LogP contribution in [0.2, 0.25) is 0 Å². The van der Waals surface area contributed by atoms with Gasteiger partial charge in [-0.15, -0.1) is 0 Å². The lowest BCUT2D eigenvalue weighted by atomic mass is 10.0. The number of nitrogens with one attached hydrogen (secondary N) is 1. The van der Waals surface area contributed by atoms with Gasteiger partial charge in [0, 0.05) is 6.04 Å². The molecule has 1 fully saturated rings. The van der Waals surface area contributed by atoms with Gasteiger partial charge in [0.25, 0.3) is 0 Å². The van der Waals surface area contributed by atoms with Crippen LogP contribution in [0.15, 0.2) is 0 Å². The van der Waals surface area contributed by atoms with Gasteiger partial charge in [-0.2, -0.15) is 0 Å². The Hall–Kier alpha value is -0.610. The monoisotopic (exact) mass is 200 g/mol. The summed E-state index contributed by atoms with van der Waals surface area (Å²) in [5.41, 5.74) is 0. The Morgan fingerprint density at radius 3 is 3.00 bits per heavy atom. The van der Waals surface area contributed by atoms with Crippen molar-refractivity contribution < 1.29 is 9.90 Å². The number of hydrogen-bond acceptors (Lipinski definition) is 3. The van der Waals surface area contributed by atoms with Crippen molar-refractivity contribution >= 4 is 5.97 Å². The molecule has 1 aliphatic heterocycles. The molecule has 0 radical (unpaired) electrons. The van der Waals surface area contributed by atoms with Crippen molar-refractivity contribution in [2.75, 3.05) is 26.7 Å². The number of carbonyl (C=O) groups is 1. The van der Waals surface area contributed by atoms with E-state index < -0.39 is 5.97 Å². The molecule has 0 spiro atoms. The molecule has 4 nitrogen and oxygen atoms in total.